The van der Waals surface area contributed by atoms with Gasteiger partial charge >= 0.3 is 0 Å². The van der Waals surface area contributed by atoms with Crippen molar-refractivity contribution in [3.63, 3.8) is 0 Å². The fraction of sp³-hybridized carbons (Fsp3) is 0.188. The smallest absolute Gasteiger partial charge is 0.179 e. The molecule has 0 fully saturated rings. The fourth-order valence-electron chi connectivity index (χ4n) is 1.88. The first-order valence-electron chi connectivity index (χ1n) is 6.51. The SMILES string of the molecule is CCOc1ccccc1C(=O)CS(=O)c1ccccc1Br. The van der Waals surface area contributed by atoms with E-state index in [2.05, 4.69) is 15.9 Å². The molecular weight excluding hydrogens is 352 g/mol. The third kappa shape index (κ3) is 4.02. The summed E-state index contributed by atoms with van der Waals surface area (Å²) in [5.41, 5.74) is 0.472. The lowest BCUT2D eigenvalue weighted by molar-refractivity contribution is 0.101. The largest absolute Gasteiger partial charge is 0.493 e. The summed E-state index contributed by atoms with van der Waals surface area (Å²) in [4.78, 5) is 13.0. The molecule has 0 heterocycles. The van der Waals surface area contributed by atoms with Crippen molar-refractivity contribution in [2.45, 2.75) is 11.8 Å². The Balaban J connectivity index is 2.19. The van der Waals surface area contributed by atoms with Gasteiger partial charge in [-0.2, -0.15) is 0 Å². The molecule has 1 atom stereocenters. The minimum Gasteiger partial charge on any atom is -0.493 e. The van der Waals surface area contributed by atoms with Crippen molar-refractivity contribution in [3.8, 4) is 5.75 Å². The highest BCUT2D eigenvalue weighted by Gasteiger charge is 2.17. The van der Waals surface area contributed by atoms with Crippen molar-refractivity contribution in [2.75, 3.05) is 12.4 Å². The van der Waals surface area contributed by atoms with Gasteiger partial charge in [-0.05, 0) is 47.1 Å². The second-order valence-corrected chi connectivity index (χ2v) is 6.55. The quantitative estimate of drug-likeness (QED) is 0.729. The Hall–Kier alpha value is -1.46. The van der Waals surface area contributed by atoms with E-state index in [-0.39, 0.29) is 11.5 Å². The number of ketones is 1. The zero-order chi connectivity index (χ0) is 15.2. The molecule has 0 saturated heterocycles. The first-order valence-corrected chi connectivity index (χ1v) is 8.62. The molecule has 0 spiro atoms. The van der Waals surface area contributed by atoms with Crippen LogP contribution >= 0.6 is 15.9 Å². The maximum Gasteiger partial charge on any atom is 0.179 e. The number of Topliss-reactive ketones (excluding diaryl/α,β-unsaturated/α-hetero) is 1. The van der Waals surface area contributed by atoms with Gasteiger partial charge in [0.05, 0.1) is 33.6 Å². The number of para-hydroxylation sites is 1. The van der Waals surface area contributed by atoms with Gasteiger partial charge in [-0.3, -0.25) is 9.00 Å². The Kier molecular flexibility index (Phi) is 5.70. The van der Waals surface area contributed by atoms with Gasteiger partial charge in [-0.1, -0.05) is 24.3 Å². The second kappa shape index (κ2) is 7.52. The highest BCUT2D eigenvalue weighted by molar-refractivity contribution is 9.10. The average molecular weight is 367 g/mol. The van der Waals surface area contributed by atoms with Gasteiger partial charge < -0.3 is 4.74 Å². The number of ether oxygens (including phenoxy) is 1. The van der Waals surface area contributed by atoms with E-state index >= 15 is 0 Å². The molecule has 21 heavy (non-hydrogen) atoms. The van der Waals surface area contributed by atoms with Crippen LogP contribution in [0.1, 0.15) is 17.3 Å². The second-order valence-electron chi connectivity index (χ2n) is 4.27. The van der Waals surface area contributed by atoms with E-state index in [4.69, 9.17) is 4.74 Å². The summed E-state index contributed by atoms with van der Waals surface area (Å²) in [6, 6.07) is 14.2. The topological polar surface area (TPSA) is 43.4 Å². The van der Waals surface area contributed by atoms with Crippen LogP contribution in [0.5, 0.6) is 5.75 Å². The van der Waals surface area contributed by atoms with Gasteiger partial charge in [0.2, 0.25) is 0 Å². The number of carbonyl (C=O) groups excluding carboxylic acids is 1. The molecule has 2 aromatic carbocycles. The van der Waals surface area contributed by atoms with Crippen LogP contribution in [0.3, 0.4) is 0 Å². The molecule has 0 aliphatic heterocycles. The molecule has 0 aromatic heterocycles. The molecule has 0 bridgehead atoms. The summed E-state index contributed by atoms with van der Waals surface area (Å²) < 4.78 is 18.5. The average Bonchev–Trinajstić information content (AvgIpc) is 2.48. The number of halogens is 1. The Morgan fingerprint density at radius 2 is 1.81 bits per heavy atom. The zero-order valence-corrected chi connectivity index (χ0v) is 13.9. The Morgan fingerprint density at radius 3 is 2.52 bits per heavy atom. The van der Waals surface area contributed by atoms with Crippen LogP contribution in [0.15, 0.2) is 57.9 Å². The van der Waals surface area contributed by atoms with Crippen LogP contribution < -0.4 is 4.74 Å². The molecular formula is C16H15BrO3S. The molecule has 0 aliphatic carbocycles. The van der Waals surface area contributed by atoms with Gasteiger partial charge in [0.1, 0.15) is 5.75 Å². The third-order valence-electron chi connectivity index (χ3n) is 2.83. The van der Waals surface area contributed by atoms with Crippen LogP contribution in [-0.2, 0) is 10.8 Å². The van der Waals surface area contributed by atoms with Crippen molar-refractivity contribution < 1.29 is 13.7 Å². The van der Waals surface area contributed by atoms with Gasteiger partial charge in [0, 0.05) is 4.47 Å². The normalized spacial score (nSPS) is 11.9. The third-order valence-corrected chi connectivity index (χ3v) is 5.16. The lowest BCUT2D eigenvalue weighted by atomic mass is 10.1. The number of carbonyl (C=O) groups is 1. The summed E-state index contributed by atoms with van der Waals surface area (Å²) in [7, 11) is -1.39. The molecule has 0 aliphatic rings. The van der Waals surface area contributed by atoms with Crippen molar-refractivity contribution in [1.82, 2.24) is 0 Å². The number of hydrogen-bond acceptors (Lipinski definition) is 3. The van der Waals surface area contributed by atoms with Gasteiger partial charge in [0.15, 0.2) is 5.78 Å². The van der Waals surface area contributed by atoms with E-state index in [1.54, 1.807) is 30.3 Å². The highest BCUT2D eigenvalue weighted by Crippen LogP contribution is 2.23. The highest BCUT2D eigenvalue weighted by atomic mass is 79.9. The van der Waals surface area contributed by atoms with Crippen molar-refractivity contribution in [2.24, 2.45) is 0 Å². The van der Waals surface area contributed by atoms with Crippen LogP contribution in [0.2, 0.25) is 0 Å². The lowest BCUT2D eigenvalue weighted by Crippen LogP contribution is -2.13. The van der Waals surface area contributed by atoms with Crippen molar-refractivity contribution >= 4 is 32.5 Å². The van der Waals surface area contributed by atoms with E-state index in [1.807, 2.05) is 25.1 Å². The van der Waals surface area contributed by atoms with Gasteiger partial charge in [-0.15, -0.1) is 0 Å². The molecule has 110 valence electrons. The van der Waals surface area contributed by atoms with E-state index in [9.17, 15) is 9.00 Å². The van der Waals surface area contributed by atoms with E-state index in [0.717, 1.165) is 4.47 Å². The van der Waals surface area contributed by atoms with Crippen LogP contribution in [0.4, 0.5) is 0 Å². The summed E-state index contributed by atoms with van der Waals surface area (Å²) >= 11 is 3.35. The molecule has 3 nitrogen and oxygen atoms in total. The maximum absolute atomic E-state index is 12.3. The molecule has 0 radical (unpaired) electrons. The van der Waals surface area contributed by atoms with Crippen LogP contribution in [0, 0.1) is 0 Å². The molecule has 2 rings (SSSR count). The van der Waals surface area contributed by atoms with Crippen LogP contribution in [-0.4, -0.2) is 22.4 Å². The standard InChI is InChI=1S/C16H15BrO3S/c1-2-20-15-9-5-3-7-12(15)14(18)11-21(19)16-10-6-4-8-13(16)17/h3-10H,2,11H2,1H3. The maximum atomic E-state index is 12.3. The summed E-state index contributed by atoms with van der Waals surface area (Å²) in [5, 5.41) is 0. The van der Waals surface area contributed by atoms with E-state index in [1.165, 1.54) is 0 Å². The fourth-order valence-corrected chi connectivity index (χ4v) is 3.77. The summed E-state index contributed by atoms with van der Waals surface area (Å²) in [6.45, 7) is 2.35. The number of hydrogen-bond donors (Lipinski definition) is 0. The predicted octanol–water partition coefficient (Wildman–Crippen LogP) is 3.84. The molecule has 5 heteroatoms. The number of rotatable bonds is 6. The Labute approximate surface area is 134 Å². The Morgan fingerprint density at radius 1 is 1.14 bits per heavy atom. The van der Waals surface area contributed by atoms with Crippen molar-refractivity contribution in [1.29, 1.82) is 0 Å². The Bertz CT molecular complexity index is 670. The minimum absolute atomic E-state index is 0.0628. The molecule has 2 aromatic rings. The zero-order valence-electron chi connectivity index (χ0n) is 11.5. The first kappa shape index (κ1) is 15.9. The minimum atomic E-state index is -1.39. The molecule has 0 saturated carbocycles. The molecule has 0 N–H and O–H groups in total. The van der Waals surface area contributed by atoms with E-state index in [0.29, 0.717) is 22.8 Å². The monoisotopic (exact) mass is 366 g/mol. The summed E-state index contributed by atoms with van der Waals surface area (Å²) in [6.07, 6.45) is 0. The molecule has 1 unspecified atom stereocenters. The van der Waals surface area contributed by atoms with Crippen LogP contribution in [0.25, 0.3) is 0 Å². The number of benzene rings is 2. The van der Waals surface area contributed by atoms with E-state index < -0.39 is 10.8 Å². The predicted molar refractivity (Wildman–Crippen MR) is 87.4 cm³/mol. The van der Waals surface area contributed by atoms with Gasteiger partial charge in [0.25, 0.3) is 0 Å². The first-order chi connectivity index (χ1) is 10.1. The molecule has 0 amide bonds. The van der Waals surface area contributed by atoms with Gasteiger partial charge in [-0.25, -0.2) is 0 Å². The van der Waals surface area contributed by atoms with Crippen molar-refractivity contribution in [3.05, 3.63) is 58.6 Å². The summed E-state index contributed by atoms with van der Waals surface area (Å²) in [5.74, 6) is 0.287. The lowest BCUT2D eigenvalue weighted by Gasteiger charge is -2.09.